The molecule has 1 fully saturated rings. The van der Waals surface area contributed by atoms with Gasteiger partial charge < -0.3 is 10.2 Å². The number of halogens is 1. The van der Waals surface area contributed by atoms with Crippen molar-refractivity contribution in [2.45, 2.75) is 32.2 Å². The predicted molar refractivity (Wildman–Crippen MR) is 68.7 cm³/mol. The highest BCUT2D eigenvalue weighted by Crippen LogP contribution is 2.10. The molecule has 98 valence electrons. The summed E-state index contributed by atoms with van der Waals surface area (Å²) in [7, 11) is 0. The normalized spacial score (nSPS) is 16.2. The molecule has 1 N–H and O–H groups in total. The van der Waals surface area contributed by atoms with Crippen LogP contribution in [0.25, 0.3) is 0 Å². The van der Waals surface area contributed by atoms with Crippen molar-refractivity contribution in [2.24, 2.45) is 0 Å². The Morgan fingerprint density at radius 3 is 2.33 bits per heavy atom. The van der Waals surface area contributed by atoms with E-state index in [1.54, 1.807) is 12.1 Å². The van der Waals surface area contributed by atoms with Gasteiger partial charge in [0.1, 0.15) is 5.82 Å². The van der Waals surface area contributed by atoms with Gasteiger partial charge in [0.25, 0.3) is 0 Å². The van der Waals surface area contributed by atoms with Crippen LogP contribution < -0.4 is 5.32 Å². The van der Waals surface area contributed by atoms with E-state index in [4.69, 9.17) is 0 Å². The molecule has 0 spiro atoms. The van der Waals surface area contributed by atoms with Gasteiger partial charge in [-0.2, -0.15) is 0 Å². The van der Waals surface area contributed by atoms with Crippen molar-refractivity contribution in [1.29, 1.82) is 0 Å². The maximum atomic E-state index is 12.7. The second kappa shape index (κ2) is 6.38. The van der Waals surface area contributed by atoms with E-state index >= 15 is 0 Å². The summed E-state index contributed by atoms with van der Waals surface area (Å²) in [5.74, 6) is -0.252. The van der Waals surface area contributed by atoms with Crippen LogP contribution in [-0.2, 0) is 6.54 Å². The topological polar surface area (TPSA) is 32.3 Å². The molecule has 0 aliphatic carbocycles. The molecule has 1 aliphatic heterocycles. The van der Waals surface area contributed by atoms with E-state index in [2.05, 4.69) is 5.32 Å². The first-order valence-electron chi connectivity index (χ1n) is 6.53. The highest BCUT2D eigenvalue weighted by molar-refractivity contribution is 5.74. The molecule has 1 aliphatic rings. The van der Waals surface area contributed by atoms with Gasteiger partial charge in [0.15, 0.2) is 0 Å². The van der Waals surface area contributed by atoms with Crippen molar-refractivity contribution >= 4 is 6.03 Å². The van der Waals surface area contributed by atoms with E-state index < -0.39 is 0 Å². The number of nitrogens with one attached hydrogen (secondary N) is 1. The summed E-state index contributed by atoms with van der Waals surface area (Å²) in [6.45, 7) is 2.14. The third-order valence-corrected chi connectivity index (χ3v) is 3.25. The lowest BCUT2D eigenvalue weighted by Crippen LogP contribution is -2.40. The van der Waals surface area contributed by atoms with Crippen molar-refractivity contribution < 1.29 is 9.18 Å². The van der Waals surface area contributed by atoms with Gasteiger partial charge in [-0.1, -0.05) is 25.0 Å². The highest BCUT2D eigenvalue weighted by Gasteiger charge is 2.14. The number of carbonyl (C=O) groups is 1. The minimum atomic E-state index is -0.252. The van der Waals surface area contributed by atoms with Crippen LogP contribution in [0.5, 0.6) is 0 Å². The van der Waals surface area contributed by atoms with Crippen molar-refractivity contribution in [2.75, 3.05) is 13.1 Å². The molecule has 1 heterocycles. The summed E-state index contributed by atoms with van der Waals surface area (Å²) in [5.41, 5.74) is 0.916. The Kier molecular flexibility index (Phi) is 4.56. The van der Waals surface area contributed by atoms with E-state index in [1.165, 1.54) is 25.0 Å². The number of urea groups is 1. The van der Waals surface area contributed by atoms with E-state index in [1.807, 2.05) is 4.90 Å². The molecule has 3 nitrogen and oxygen atoms in total. The van der Waals surface area contributed by atoms with Gasteiger partial charge in [0.05, 0.1) is 0 Å². The quantitative estimate of drug-likeness (QED) is 0.860. The van der Waals surface area contributed by atoms with Gasteiger partial charge in [0, 0.05) is 19.6 Å². The van der Waals surface area contributed by atoms with Crippen molar-refractivity contribution in [3.63, 3.8) is 0 Å². The SMILES string of the molecule is O=C(NCc1ccc(F)cc1)N1CCCCCC1. The van der Waals surface area contributed by atoms with Crippen molar-refractivity contribution in [3.8, 4) is 0 Å². The van der Waals surface area contributed by atoms with E-state index in [0.717, 1.165) is 31.5 Å². The molecule has 1 saturated heterocycles. The summed E-state index contributed by atoms with van der Waals surface area (Å²) in [5, 5.41) is 2.88. The summed E-state index contributed by atoms with van der Waals surface area (Å²) in [6.07, 6.45) is 4.59. The van der Waals surface area contributed by atoms with Gasteiger partial charge in [-0.25, -0.2) is 9.18 Å². The number of amides is 2. The van der Waals surface area contributed by atoms with Crippen LogP contribution in [0.2, 0.25) is 0 Å². The minimum absolute atomic E-state index is 0.0128. The highest BCUT2D eigenvalue weighted by atomic mass is 19.1. The summed E-state index contributed by atoms with van der Waals surface area (Å²) in [4.78, 5) is 13.8. The number of carbonyl (C=O) groups excluding carboxylic acids is 1. The third kappa shape index (κ3) is 3.72. The van der Waals surface area contributed by atoms with Gasteiger partial charge >= 0.3 is 6.03 Å². The fraction of sp³-hybridized carbons (Fsp3) is 0.500. The van der Waals surface area contributed by atoms with E-state index in [-0.39, 0.29) is 11.8 Å². The molecule has 2 amide bonds. The first kappa shape index (κ1) is 12.9. The van der Waals surface area contributed by atoms with E-state index in [9.17, 15) is 9.18 Å². The zero-order valence-electron chi connectivity index (χ0n) is 10.5. The molecule has 0 radical (unpaired) electrons. The lowest BCUT2D eigenvalue weighted by molar-refractivity contribution is 0.199. The van der Waals surface area contributed by atoms with Gasteiger partial charge in [0.2, 0.25) is 0 Å². The zero-order chi connectivity index (χ0) is 12.8. The van der Waals surface area contributed by atoms with Crippen LogP contribution in [-0.4, -0.2) is 24.0 Å². The van der Waals surface area contributed by atoms with Gasteiger partial charge in [-0.05, 0) is 30.5 Å². The lowest BCUT2D eigenvalue weighted by Gasteiger charge is -2.20. The molecule has 4 heteroatoms. The summed E-state index contributed by atoms with van der Waals surface area (Å²) < 4.78 is 12.7. The molecule has 2 rings (SSSR count). The summed E-state index contributed by atoms with van der Waals surface area (Å²) in [6, 6.07) is 6.19. The zero-order valence-corrected chi connectivity index (χ0v) is 10.5. The first-order valence-corrected chi connectivity index (χ1v) is 6.53. The van der Waals surface area contributed by atoms with Crippen LogP contribution in [0.3, 0.4) is 0 Å². The maximum absolute atomic E-state index is 12.7. The van der Waals surface area contributed by atoms with Crippen molar-refractivity contribution in [3.05, 3.63) is 35.6 Å². The van der Waals surface area contributed by atoms with Gasteiger partial charge in [-0.15, -0.1) is 0 Å². The first-order chi connectivity index (χ1) is 8.75. The van der Waals surface area contributed by atoms with E-state index in [0.29, 0.717) is 6.54 Å². The minimum Gasteiger partial charge on any atom is -0.334 e. The smallest absolute Gasteiger partial charge is 0.317 e. The molecule has 18 heavy (non-hydrogen) atoms. The molecule has 0 unspecified atom stereocenters. The molecular weight excluding hydrogens is 231 g/mol. The standard InChI is InChI=1S/C14H19FN2O/c15-13-7-5-12(6-8-13)11-16-14(18)17-9-3-1-2-4-10-17/h5-8H,1-4,9-11H2,(H,16,18). The van der Waals surface area contributed by atoms with Crippen LogP contribution in [0.1, 0.15) is 31.2 Å². The Morgan fingerprint density at radius 1 is 1.11 bits per heavy atom. The van der Waals surface area contributed by atoms with Crippen LogP contribution in [0.4, 0.5) is 9.18 Å². The average Bonchev–Trinajstić information content (AvgIpc) is 2.66. The number of hydrogen-bond acceptors (Lipinski definition) is 1. The van der Waals surface area contributed by atoms with Gasteiger partial charge in [-0.3, -0.25) is 0 Å². The number of nitrogens with zero attached hydrogens (tertiary/aromatic N) is 1. The Labute approximate surface area is 107 Å². The molecule has 0 atom stereocenters. The lowest BCUT2D eigenvalue weighted by atomic mass is 10.2. The van der Waals surface area contributed by atoms with Crippen LogP contribution >= 0.6 is 0 Å². The predicted octanol–water partition coefficient (Wildman–Crippen LogP) is 2.91. The largest absolute Gasteiger partial charge is 0.334 e. The Morgan fingerprint density at radius 2 is 1.72 bits per heavy atom. The summed E-state index contributed by atoms with van der Waals surface area (Å²) >= 11 is 0. The third-order valence-electron chi connectivity index (χ3n) is 3.25. The van der Waals surface area contributed by atoms with Crippen LogP contribution in [0.15, 0.2) is 24.3 Å². The molecule has 1 aromatic carbocycles. The maximum Gasteiger partial charge on any atom is 0.317 e. The number of likely N-dealkylation sites (tertiary alicyclic amines) is 1. The average molecular weight is 250 g/mol. The fourth-order valence-electron chi connectivity index (χ4n) is 2.17. The second-order valence-electron chi connectivity index (χ2n) is 4.69. The van der Waals surface area contributed by atoms with Crippen LogP contribution in [0, 0.1) is 5.82 Å². The monoisotopic (exact) mass is 250 g/mol. The Bertz CT molecular complexity index is 383. The fourth-order valence-corrected chi connectivity index (χ4v) is 2.17. The molecular formula is C14H19FN2O. The molecule has 0 bridgehead atoms. The number of rotatable bonds is 2. The Balaban J connectivity index is 1.81. The molecule has 0 saturated carbocycles. The Hall–Kier alpha value is -1.58. The van der Waals surface area contributed by atoms with Crippen molar-refractivity contribution in [1.82, 2.24) is 10.2 Å². The molecule has 1 aromatic rings. The number of benzene rings is 1. The number of hydrogen-bond donors (Lipinski definition) is 1. The molecule has 0 aromatic heterocycles. The second-order valence-corrected chi connectivity index (χ2v) is 4.69.